The minimum atomic E-state index is -3.40. The maximum atomic E-state index is 12.5. The highest BCUT2D eigenvalue weighted by atomic mass is 32.2. The molecule has 1 aliphatic rings. The number of aromatic nitrogens is 1. The average molecular weight is 455 g/mol. The van der Waals surface area contributed by atoms with Gasteiger partial charge in [0.1, 0.15) is 5.75 Å². The highest BCUT2D eigenvalue weighted by molar-refractivity contribution is 8.03. The van der Waals surface area contributed by atoms with Gasteiger partial charge in [0.25, 0.3) is 0 Å². The molecule has 0 spiro atoms. The Hall–Kier alpha value is -2.08. The molecule has 2 aromatic rings. The zero-order valence-corrected chi connectivity index (χ0v) is 18.7. The van der Waals surface area contributed by atoms with Crippen LogP contribution < -0.4 is 10.1 Å². The van der Waals surface area contributed by atoms with Crippen molar-refractivity contribution in [2.75, 3.05) is 44.6 Å². The molecule has 1 aliphatic heterocycles. The normalized spacial score (nSPS) is 15.9. The SMILES string of the molecule is COc1ccc(Nc2nc(/C=C3/SCCN3C(=O)CN(C)S(C)(=O)=O)cs2)cc1. The molecule has 1 aromatic carbocycles. The molecule has 156 valence electrons. The smallest absolute Gasteiger partial charge is 0.242 e. The van der Waals surface area contributed by atoms with E-state index in [0.717, 1.165) is 43.6 Å². The number of carbonyl (C=O) groups excluding carboxylic acids is 1. The predicted octanol–water partition coefficient (Wildman–Crippen LogP) is 2.66. The quantitative estimate of drug-likeness (QED) is 0.688. The number of ether oxygens (including phenoxy) is 1. The van der Waals surface area contributed by atoms with Gasteiger partial charge in [-0.25, -0.2) is 13.4 Å². The number of rotatable bonds is 7. The van der Waals surface area contributed by atoms with Gasteiger partial charge in [0, 0.05) is 30.4 Å². The van der Waals surface area contributed by atoms with E-state index in [4.69, 9.17) is 4.74 Å². The molecule has 0 atom stereocenters. The first-order chi connectivity index (χ1) is 13.8. The summed E-state index contributed by atoms with van der Waals surface area (Å²) in [5, 5.41) is 6.66. The van der Waals surface area contributed by atoms with Crippen molar-refractivity contribution in [3.05, 3.63) is 40.4 Å². The summed E-state index contributed by atoms with van der Waals surface area (Å²) in [4.78, 5) is 18.7. The molecule has 11 heteroatoms. The topological polar surface area (TPSA) is 91.8 Å². The van der Waals surface area contributed by atoms with Gasteiger partial charge < -0.3 is 15.0 Å². The van der Waals surface area contributed by atoms with Crippen molar-refractivity contribution in [1.82, 2.24) is 14.2 Å². The first kappa shape index (κ1) is 21.6. The molecule has 1 N–H and O–H groups in total. The summed E-state index contributed by atoms with van der Waals surface area (Å²) in [6.07, 6.45) is 2.94. The Morgan fingerprint density at radius 2 is 2.10 bits per heavy atom. The van der Waals surface area contributed by atoms with E-state index in [1.807, 2.05) is 35.7 Å². The Morgan fingerprint density at radius 1 is 1.38 bits per heavy atom. The van der Waals surface area contributed by atoms with Gasteiger partial charge in [-0.15, -0.1) is 23.1 Å². The number of hydrogen-bond donors (Lipinski definition) is 1. The Bertz CT molecular complexity index is 1000. The zero-order valence-electron chi connectivity index (χ0n) is 16.3. The summed E-state index contributed by atoms with van der Waals surface area (Å²) >= 11 is 3.02. The number of anilines is 2. The van der Waals surface area contributed by atoms with Crippen LogP contribution in [0.5, 0.6) is 5.75 Å². The lowest BCUT2D eigenvalue weighted by Crippen LogP contribution is -2.38. The first-order valence-corrected chi connectivity index (χ1v) is 12.4. The van der Waals surface area contributed by atoms with Crippen LogP contribution in [0.25, 0.3) is 6.08 Å². The maximum absolute atomic E-state index is 12.5. The van der Waals surface area contributed by atoms with Crippen molar-refractivity contribution >= 4 is 55.9 Å². The summed E-state index contributed by atoms with van der Waals surface area (Å²) in [5.74, 6) is 1.30. The lowest BCUT2D eigenvalue weighted by Gasteiger charge is -2.20. The van der Waals surface area contributed by atoms with Crippen LogP contribution in [-0.4, -0.2) is 67.8 Å². The highest BCUT2D eigenvalue weighted by Crippen LogP contribution is 2.31. The number of methoxy groups -OCH3 is 1. The predicted molar refractivity (Wildman–Crippen MR) is 118 cm³/mol. The monoisotopic (exact) mass is 454 g/mol. The maximum Gasteiger partial charge on any atom is 0.242 e. The number of benzene rings is 1. The van der Waals surface area contributed by atoms with Crippen molar-refractivity contribution < 1.29 is 17.9 Å². The number of hydrogen-bond acceptors (Lipinski definition) is 8. The molecule has 1 aromatic heterocycles. The molecule has 1 saturated heterocycles. The number of thiazole rings is 1. The lowest BCUT2D eigenvalue weighted by atomic mass is 10.3. The second-order valence-electron chi connectivity index (χ2n) is 6.33. The number of nitrogens with one attached hydrogen (secondary N) is 1. The van der Waals surface area contributed by atoms with E-state index >= 15 is 0 Å². The van der Waals surface area contributed by atoms with E-state index in [0.29, 0.717) is 6.54 Å². The third-order valence-corrected chi connectivity index (χ3v) is 7.25. The van der Waals surface area contributed by atoms with Crippen LogP contribution in [0.15, 0.2) is 34.7 Å². The standard InChI is InChI=1S/C18H22N4O4S3/c1-21(29(3,24)25)11-16(23)22-8-9-27-17(22)10-14-12-28-18(20-14)19-13-4-6-15(26-2)7-5-13/h4-7,10,12H,8-9,11H2,1-3H3,(H,19,20)/b17-10+. The second kappa shape index (κ2) is 9.16. The summed E-state index contributed by atoms with van der Waals surface area (Å²) in [6, 6.07) is 7.55. The molecule has 1 amide bonds. The minimum Gasteiger partial charge on any atom is -0.497 e. The van der Waals surface area contributed by atoms with Crippen molar-refractivity contribution in [3.8, 4) is 5.75 Å². The summed E-state index contributed by atoms with van der Waals surface area (Å²) in [6.45, 7) is 0.367. The van der Waals surface area contributed by atoms with E-state index < -0.39 is 10.0 Å². The van der Waals surface area contributed by atoms with E-state index in [9.17, 15) is 13.2 Å². The molecule has 0 aliphatic carbocycles. The molecular weight excluding hydrogens is 432 g/mol. The molecule has 1 fully saturated rings. The summed E-state index contributed by atoms with van der Waals surface area (Å²) in [5.41, 5.74) is 1.64. The van der Waals surface area contributed by atoms with Gasteiger partial charge in [-0.2, -0.15) is 4.31 Å². The fourth-order valence-corrected chi connectivity index (χ4v) is 4.59. The molecule has 29 heavy (non-hydrogen) atoms. The van der Waals surface area contributed by atoms with Gasteiger partial charge >= 0.3 is 0 Å². The van der Waals surface area contributed by atoms with Gasteiger partial charge in [0.2, 0.25) is 15.9 Å². The Morgan fingerprint density at radius 3 is 2.76 bits per heavy atom. The Balaban J connectivity index is 1.68. The van der Waals surface area contributed by atoms with Crippen LogP contribution in [-0.2, 0) is 14.8 Å². The number of thioether (sulfide) groups is 1. The van der Waals surface area contributed by atoms with E-state index in [-0.39, 0.29) is 12.5 Å². The minimum absolute atomic E-state index is 0.182. The van der Waals surface area contributed by atoms with Crippen molar-refractivity contribution in [2.24, 2.45) is 0 Å². The fraction of sp³-hybridized carbons (Fsp3) is 0.333. The largest absolute Gasteiger partial charge is 0.497 e. The summed E-state index contributed by atoms with van der Waals surface area (Å²) < 4.78 is 29.3. The van der Waals surface area contributed by atoms with Gasteiger partial charge in [-0.05, 0) is 30.3 Å². The third-order valence-electron chi connectivity index (χ3n) is 4.19. The number of sulfonamides is 1. The molecule has 0 saturated carbocycles. The fourth-order valence-electron chi connectivity index (χ4n) is 2.52. The number of carbonyl (C=O) groups is 1. The van der Waals surface area contributed by atoms with Crippen LogP contribution in [0.4, 0.5) is 10.8 Å². The van der Waals surface area contributed by atoms with Crippen molar-refractivity contribution in [1.29, 1.82) is 0 Å². The Labute approximate surface area is 178 Å². The van der Waals surface area contributed by atoms with Crippen LogP contribution in [0.3, 0.4) is 0 Å². The number of likely N-dealkylation sites (N-methyl/N-ethyl adjacent to an activating group) is 1. The van der Waals surface area contributed by atoms with Crippen LogP contribution in [0.2, 0.25) is 0 Å². The molecule has 2 heterocycles. The molecule has 0 bridgehead atoms. The van der Waals surface area contributed by atoms with Crippen molar-refractivity contribution in [2.45, 2.75) is 0 Å². The average Bonchev–Trinajstić information content (AvgIpc) is 3.31. The van der Waals surface area contributed by atoms with Gasteiger partial charge in [-0.1, -0.05) is 0 Å². The number of amides is 1. The zero-order chi connectivity index (χ0) is 21.0. The molecule has 8 nitrogen and oxygen atoms in total. The first-order valence-electron chi connectivity index (χ1n) is 8.69. The van der Waals surface area contributed by atoms with E-state index in [2.05, 4.69) is 10.3 Å². The van der Waals surface area contributed by atoms with Crippen LogP contribution >= 0.6 is 23.1 Å². The highest BCUT2D eigenvalue weighted by Gasteiger charge is 2.27. The molecule has 0 radical (unpaired) electrons. The van der Waals surface area contributed by atoms with Gasteiger partial charge in [0.05, 0.1) is 30.6 Å². The lowest BCUT2D eigenvalue weighted by molar-refractivity contribution is -0.128. The summed E-state index contributed by atoms with van der Waals surface area (Å²) in [7, 11) is -0.379. The van der Waals surface area contributed by atoms with Gasteiger partial charge in [0.15, 0.2) is 5.13 Å². The van der Waals surface area contributed by atoms with E-state index in [1.54, 1.807) is 23.8 Å². The molecule has 3 rings (SSSR count). The van der Waals surface area contributed by atoms with Crippen LogP contribution in [0.1, 0.15) is 5.69 Å². The number of nitrogens with zero attached hydrogens (tertiary/aromatic N) is 3. The van der Waals surface area contributed by atoms with E-state index in [1.165, 1.54) is 18.4 Å². The van der Waals surface area contributed by atoms with Crippen molar-refractivity contribution in [3.63, 3.8) is 0 Å². The third kappa shape index (κ3) is 5.72. The van der Waals surface area contributed by atoms with Crippen LogP contribution in [0, 0.1) is 0 Å². The molecule has 0 unspecified atom stereocenters. The van der Waals surface area contributed by atoms with Gasteiger partial charge in [-0.3, -0.25) is 4.79 Å². The Kier molecular flexibility index (Phi) is 6.83. The second-order valence-corrected chi connectivity index (χ2v) is 10.4. The molecular formula is C18H22N4O4S3.